The van der Waals surface area contributed by atoms with Crippen molar-refractivity contribution in [3.8, 4) is 0 Å². The molecule has 1 nitrogen and oxygen atoms in total. The third-order valence-corrected chi connectivity index (χ3v) is 3.35. The van der Waals surface area contributed by atoms with Gasteiger partial charge in [0, 0.05) is 5.56 Å². The fourth-order valence-electron chi connectivity index (χ4n) is 2.04. The van der Waals surface area contributed by atoms with Crippen molar-refractivity contribution in [3.63, 3.8) is 0 Å². The highest BCUT2D eigenvalue weighted by Crippen LogP contribution is 2.34. The summed E-state index contributed by atoms with van der Waals surface area (Å²) in [5.74, 6) is -0.477. The maximum atomic E-state index is 13.2. The fourth-order valence-corrected chi connectivity index (χ4v) is 2.27. The summed E-state index contributed by atoms with van der Waals surface area (Å²) in [7, 11) is 0. The second-order valence-corrected chi connectivity index (χ2v) is 4.45. The summed E-state index contributed by atoms with van der Waals surface area (Å²) in [4.78, 5) is 0. The van der Waals surface area contributed by atoms with Crippen LogP contribution in [-0.4, -0.2) is 5.11 Å². The number of hydrogen-bond acceptors (Lipinski definition) is 1. The Morgan fingerprint density at radius 3 is 2.81 bits per heavy atom. The molecule has 1 aromatic carbocycles. The van der Waals surface area contributed by atoms with Crippen LogP contribution in [0.2, 0.25) is 5.02 Å². The molecule has 3 heteroatoms. The lowest BCUT2D eigenvalue weighted by atomic mass is 9.92. The lowest BCUT2D eigenvalue weighted by Gasteiger charge is -2.19. The number of aliphatic hydroxyl groups is 1. The van der Waals surface area contributed by atoms with Crippen molar-refractivity contribution in [2.75, 3.05) is 0 Å². The summed E-state index contributed by atoms with van der Waals surface area (Å²) in [6.45, 7) is 0. The quantitative estimate of drug-likeness (QED) is 0.775. The minimum Gasteiger partial charge on any atom is -0.384 e. The molecule has 86 valence electrons. The molecule has 0 aromatic heterocycles. The highest BCUT2D eigenvalue weighted by atomic mass is 35.5. The zero-order valence-electron chi connectivity index (χ0n) is 8.92. The molecule has 0 amide bonds. The highest BCUT2D eigenvalue weighted by Gasteiger charge is 2.19. The van der Waals surface area contributed by atoms with Crippen molar-refractivity contribution in [2.24, 2.45) is 0 Å². The Bertz CT molecular complexity index is 414. The molecule has 0 saturated heterocycles. The van der Waals surface area contributed by atoms with E-state index in [-0.39, 0.29) is 5.02 Å². The van der Waals surface area contributed by atoms with E-state index in [4.69, 9.17) is 11.6 Å². The van der Waals surface area contributed by atoms with Gasteiger partial charge >= 0.3 is 0 Å². The standard InChI is InChI=1S/C13H14ClFO/c14-12-10(7-4-8-11(12)15)13(16)9-5-2-1-3-6-9/h4-5,7-8,13,16H,1-3,6H2. The Kier molecular flexibility index (Phi) is 3.62. The van der Waals surface area contributed by atoms with Crippen LogP contribution in [0.3, 0.4) is 0 Å². The molecule has 1 aliphatic carbocycles. The van der Waals surface area contributed by atoms with Gasteiger partial charge in [-0.3, -0.25) is 0 Å². The van der Waals surface area contributed by atoms with E-state index in [2.05, 4.69) is 0 Å². The van der Waals surface area contributed by atoms with Crippen LogP contribution >= 0.6 is 11.6 Å². The van der Waals surface area contributed by atoms with Gasteiger partial charge in [0.2, 0.25) is 0 Å². The molecule has 0 fully saturated rings. The Balaban J connectivity index is 2.29. The topological polar surface area (TPSA) is 20.2 Å². The summed E-state index contributed by atoms with van der Waals surface area (Å²) in [6.07, 6.45) is 5.37. The Hall–Kier alpha value is -0.860. The summed E-state index contributed by atoms with van der Waals surface area (Å²) >= 11 is 5.85. The van der Waals surface area contributed by atoms with E-state index < -0.39 is 11.9 Å². The van der Waals surface area contributed by atoms with Gasteiger partial charge in [0.1, 0.15) is 11.9 Å². The molecule has 0 aliphatic heterocycles. The van der Waals surface area contributed by atoms with Crippen LogP contribution < -0.4 is 0 Å². The molecule has 1 N–H and O–H groups in total. The monoisotopic (exact) mass is 240 g/mol. The summed E-state index contributed by atoms with van der Waals surface area (Å²) in [5, 5.41) is 10.2. The molecule has 0 heterocycles. The maximum Gasteiger partial charge on any atom is 0.142 e. The smallest absolute Gasteiger partial charge is 0.142 e. The molecule has 1 unspecified atom stereocenters. The summed E-state index contributed by atoms with van der Waals surface area (Å²) < 4.78 is 13.2. The Labute approximate surface area is 99.6 Å². The van der Waals surface area contributed by atoms with Crippen molar-refractivity contribution >= 4 is 11.6 Å². The first kappa shape index (κ1) is 11.6. The van der Waals surface area contributed by atoms with E-state index in [1.54, 1.807) is 12.1 Å². The maximum absolute atomic E-state index is 13.2. The van der Waals surface area contributed by atoms with Gasteiger partial charge < -0.3 is 5.11 Å². The van der Waals surface area contributed by atoms with E-state index in [0.717, 1.165) is 31.3 Å². The Morgan fingerprint density at radius 2 is 2.12 bits per heavy atom. The number of hydrogen-bond donors (Lipinski definition) is 1. The van der Waals surface area contributed by atoms with E-state index in [1.807, 2.05) is 6.08 Å². The van der Waals surface area contributed by atoms with Gasteiger partial charge in [0.15, 0.2) is 0 Å². The predicted octanol–water partition coefficient (Wildman–Crippen LogP) is 4.01. The summed E-state index contributed by atoms with van der Waals surface area (Å²) in [6, 6.07) is 4.54. The molecular formula is C13H14ClFO. The first-order valence-corrected chi connectivity index (χ1v) is 5.89. The largest absolute Gasteiger partial charge is 0.384 e. The number of benzene rings is 1. The lowest BCUT2D eigenvalue weighted by Crippen LogP contribution is -2.06. The lowest BCUT2D eigenvalue weighted by molar-refractivity contribution is 0.208. The van der Waals surface area contributed by atoms with Gasteiger partial charge in [-0.1, -0.05) is 29.8 Å². The van der Waals surface area contributed by atoms with Crippen LogP contribution in [0.15, 0.2) is 29.8 Å². The SMILES string of the molecule is OC(C1=CCCCC1)c1cccc(F)c1Cl. The van der Waals surface area contributed by atoms with Crippen molar-refractivity contribution in [1.29, 1.82) is 0 Å². The second kappa shape index (κ2) is 4.98. The van der Waals surface area contributed by atoms with Gasteiger partial charge in [-0.05, 0) is 37.3 Å². The molecule has 0 saturated carbocycles. The molecule has 0 bridgehead atoms. The molecular weight excluding hydrogens is 227 g/mol. The van der Waals surface area contributed by atoms with Gasteiger partial charge in [-0.15, -0.1) is 0 Å². The molecule has 1 aromatic rings. The van der Waals surface area contributed by atoms with E-state index in [9.17, 15) is 9.50 Å². The van der Waals surface area contributed by atoms with Crippen LogP contribution in [-0.2, 0) is 0 Å². The zero-order valence-corrected chi connectivity index (χ0v) is 9.67. The molecule has 0 spiro atoms. The number of rotatable bonds is 2. The average molecular weight is 241 g/mol. The molecule has 1 aliphatic rings. The van der Waals surface area contributed by atoms with Crippen molar-refractivity contribution in [1.82, 2.24) is 0 Å². The van der Waals surface area contributed by atoms with Crippen molar-refractivity contribution < 1.29 is 9.50 Å². The molecule has 2 rings (SSSR count). The van der Waals surface area contributed by atoms with E-state index in [1.165, 1.54) is 6.07 Å². The van der Waals surface area contributed by atoms with Crippen molar-refractivity contribution in [3.05, 3.63) is 46.3 Å². The van der Waals surface area contributed by atoms with E-state index in [0.29, 0.717) is 5.56 Å². The summed E-state index contributed by atoms with van der Waals surface area (Å²) in [5.41, 5.74) is 1.42. The third kappa shape index (κ3) is 2.28. The first-order chi connectivity index (χ1) is 7.70. The predicted molar refractivity (Wildman–Crippen MR) is 62.9 cm³/mol. The number of halogens is 2. The minimum atomic E-state index is -0.761. The molecule has 1 atom stereocenters. The normalized spacial score (nSPS) is 18.1. The highest BCUT2D eigenvalue weighted by molar-refractivity contribution is 6.31. The molecule has 16 heavy (non-hydrogen) atoms. The first-order valence-electron chi connectivity index (χ1n) is 5.51. The van der Waals surface area contributed by atoms with Crippen LogP contribution in [0.25, 0.3) is 0 Å². The van der Waals surface area contributed by atoms with Crippen LogP contribution in [0.1, 0.15) is 37.4 Å². The van der Waals surface area contributed by atoms with Crippen LogP contribution in [0.4, 0.5) is 4.39 Å². The Morgan fingerprint density at radius 1 is 1.31 bits per heavy atom. The van der Waals surface area contributed by atoms with Crippen molar-refractivity contribution in [2.45, 2.75) is 31.8 Å². The molecule has 0 radical (unpaired) electrons. The van der Waals surface area contributed by atoms with E-state index >= 15 is 0 Å². The zero-order chi connectivity index (χ0) is 11.5. The van der Waals surface area contributed by atoms with Crippen LogP contribution in [0.5, 0.6) is 0 Å². The average Bonchev–Trinajstić information content (AvgIpc) is 2.33. The van der Waals surface area contributed by atoms with Gasteiger partial charge in [0.05, 0.1) is 5.02 Å². The third-order valence-electron chi connectivity index (χ3n) is 2.95. The van der Waals surface area contributed by atoms with Gasteiger partial charge in [-0.2, -0.15) is 0 Å². The number of allylic oxidation sites excluding steroid dienone is 1. The van der Waals surface area contributed by atoms with Gasteiger partial charge in [0.25, 0.3) is 0 Å². The van der Waals surface area contributed by atoms with Crippen LogP contribution in [0, 0.1) is 5.82 Å². The number of aliphatic hydroxyl groups excluding tert-OH is 1. The minimum absolute atomic E-state index is 0.0291. The van der Waals surface area contributed by atoms with Gasteiger partial charge in [-0.25, -0.2) is 4.39 Å². The second-order valence-electron chi connectivity index (χ2n) is 4.07. The fraction of sp³-hybridized carbons (Fsp3) is 0.385.